The first-order valence-electron chi connectivity index (χ1n) is 5.31. The largest absolute Gasteiger partial charge is 0.482 e. The van der Waals surface area contributed by atoms with Crippen LogP contribution in [0.15, 0.2) is 23.1 Å². The Morgan fingerprint density at radius 1 is 1.44 bits per heavy atom. The molecule has 0 saturated heterocycles. The average Bonchev–Trinajstić information content (AvgIpc) is 2.27. The SMILES string of the molecule is CCNS(=O)(=O)c1ccc(OCC(=O)O)c(C)c1. The fourth-order valence-corrected chi connectivity index (χ4v) is 2.49. The molecule has 0 unspecified atom stereocenters. The molecule has 0 aliphatic carbocycles. The van der Waals surface area contributed by atoms with Gasteiger partial charge in [-0.25, -0.2) is 17.9 Å². The maximum absolute atomic E-state index is 11.7. The van der Waals surface area contributed by atoms with Crippen molar-refractivity contribution in [2.75, 3.05) is 13.2 Å². The zero-order valence-corrected chi connectivity index (χ0v) is 11.0. The van der Waals surface area contributed by atoms with Crippen LogP contribution < -0.4 is 9.46 Å². The van der Waals surface area contributed by atoms with Crippen LogP contribution in [0.5, 0.6) is 5.75 Å². The first kappa shape index (κ1) is 14.5. The molecule has 0 aliphatic rings. The van der Waals surface area contributed by atoms with E-state index >= 15 is 0 Å². The number of hydrogen-bond donors (Lipinski definition) is 2. The standard InChI is InChI=1S/C11H15NO5S/c1-3-12-18(15,16)9-4-5-10(8(2)6-9)17-7-11(13)14/h4-6,12H,3,7H2,1-2H3,(H,13,14). The van der Waals surface area contributed by atoms with Crippen LogP contribution in [-0.4, -0.2) is 32.6 Å². The molecule has 2 N–H and O–H groups in total. The zero-order valence-electron chi connectivity index (χ0n) is 10.1. The molecule has 0 atom stereocenters. The first-order chi connectivity index (χ1) is 8.36. The normalized spacial score (nSPS) is 11.2. The van der Waals surface area contributed by atoms with Crippen LogP contribution in [-0.2, 0) is 14.8 Å². The second-order valence-corrected chi connectivity index (χ2v) is 5.38. The summed E-state index contributed by atoms with van der Waals surface area (Å²) in [6.07, 6.45) is 0. The third-order valence-corrected chi connectivity index (χ3v) is 3.69. The zero-order chi connectivity index (χ0) is 13.8. The van der Waals surface area contributed by atoms with E-state index in [0.717, 1.165) is 0 Å². The van der Waals surface area contributed by atoms with Gasteiger partial charge in [0.1, 0.15) is 5.75 Å². The molecule has 0 aromatic heterocycles. The molecule has 100 valence electrons. The van der Waals surface area contributed by atoms with Crippen molar-refractivity contribution in [3.05, 3.63) is 23.8 Å². The Balaban J connectivity index is 2.95. The van der Waals surface area contributed by atoms with Gasteiger partial charge in [-0.1, -0.05) is 6.92 Å². The molecule has 0 saturated carbocycles. The van der Waals surface area contributed by atoms with E-state index < -0.39 is 22.6 Å². The number of sulfonamides is 1. The van der Waals surface area contributed by atoms with Gasteiger partial charge in [0, 0.05) is 6.54 Å². The average molecular weight is 273 g/mol. The lowest BCUT2D eigenvalue weighted by Gasteiger charge is -2.09. The van der Waals surface area contributed by atoms with Gasteiger partial charge < -0.3 is 9.84 Å². The first-order valence-corrected chi connectivity index (χ1v) is 6.80. The minimum absolute atomic E-state index is 0.129. The fraction of sp³-hybridized carbons (Fsp3) is 0.364. The van der Waals surface area contributed by atoms with Gasteiger partial charge in [0.15, 0.2) is 6.61 Å². The lowest BCUT2D eigenvalue weighted by atomic mass is 10.2. The second-order valence-electron chi connectivity index (χ2n) is 3.61. The summed E-state index contributed by atoms with van der Waals surface area (Å²) in [6.45, 7) is 3.19. The molecule has 0 fully saturated rings. The van der Waals surface area contributed by atoms with Gasteiger partial charge in [-0.05, 0) is 30.7 Å². The monoisotopic (exact) mass is 273 g/mol. The maximum atomic E-state index is 11.7. The summed E-state index contributed by atoms with van der Waals surface area (Å²) in [6, 6.07) is 4.26. The molecular weight excluding hydrogens is 258 g/mol. The lowest BCUT2D eigenvalue weighted by molar-refractivity contribution is -0.139. The number of ether oxygens (including phenoxy) is 1. The Bertz CT molecular complexity index is 538. The van der Waals surface area contributed by atoms with Crippen molar-refractivity contribution >= 4 is 16.0 Å². The smallest absolute Gasteiger partial charge is 0.341 e. The summed E-state index contributed by atoms with van der Waals surface area (Å²) in [5.74, 6) is -0.730. The summed E-state index contributed by atoms with van der Waals surface area (Å²) in [7, 11) is -3.50. The number of nitrogens with one attached hydrogen (secondary N) is 1. The summed E-state index contributed by atoms with van der Waals surface area (Å²) in [4.78, 5) is 10.5. The number of carboxylic acids is 1. The fourth-order valence-electron chi connectivity index (χ4n) is 1.36. The van der Waals surface area contributed by atoms with Gasteiger partial charge in [0.05, 0.1) is 4.90 Å². The summed E-state index contributed by atoms with van der Waals surface area (Å²) in [5.41, 5.74) is 0.565. The van der Waals surface area contributed by atoms with Crippen molar-refractivity contribution in [1.82, 2.24) is 4.72 Å². The molecule has 0 radical (unpaired) electrons. The van der Waals surface area contributed by atoms with Crippen molar-refractivity contribution in [1.29, 1.82) is 0 Å². The van der Waals surface area contributed by atoms with E-state index in [2.05, 4.69) is 4.72 Å². The van der Waals surface area contributed by atoms with Crippen LogP contribution in [0.3, 0.4) is 0 Å². The van der Waals surface area contributed by atoms with E-state index in [9.17, 15) is 13.2 Å². The molecule has 0 spiro atoms. The van der Waals surface area contributed by atoms with E-state index in [1.54, 1.807) is 13.8 Å². The van der Waals surface area contributed by atoms with E-state index in [1.807, 2.05) is 0 Å². The summed E-state index contributed by atoms with van der Waals surface area (Å²) < 4.78 is 30.8. The number of aliphatic carboxylic acids is 1. The van der Waals surface area contributed by atoms with Gasteiger partial charge in [0.2, 0.25) is 10.0 Å². The van der Waals surface area contributed by atoms with Gasteiger partial charge in [-0.3, -0.25) is 0 Å². The Labute approximate surface area is 106 Å². The highest BCUT2D eigenvalue weighted by Crippen LogP contribution is 2.21. The third kappa shape index (κ3) is 3.71. The highest BCUT2D eigenvalue weighted by Gasteiger charge is 2.14. The van der Waals surface area contributed by atoms with Gasteiger partial charge >= 0.3 is 5.97 Å². The number of benzene rings is 1. The van der Waals surface area contributed by atoms with Crippen molar-refractivity contribution in [2.24, 2.45) is 0 Å². The highest BCUT2D eigenvalue weighted by molar-refractivity contribution is 7.89. The topological polar surface area (TPSA) is 92.7 Å². The van der Waals surface area contributed by atoms with Crippen LogP contribution in [0.1, 0.15) is 12.5 Å². The number of carbonyl (C=O) groups is 1. The van der Waals surface area contributed by atoms with E-state index in [0.29, 0.717) is 17.9 Å². The highest BCUT2D eigenvalue weighted by atomic mass is 32.2. The molecular formula is C11H15NO5S. The molecule has 0 heterocycles. The van der Waals surface area contributed by atoms with E-state index in [-0.39, 0.29) is 4.90 Å². The number of carboxylic acid groups (broad SMARTS) is 1. The maximum Gasteiger partial charge on any atom is 0.341 e. The van der Waals surface area contributed by atoms with Crippen LogP contribution >= 0.6 is 0 Å². The molecule has 1 aromatic carbocycles. The van der Waals surface area contributed by atoms with Crippen LogP contribution in [0.4, 0.5) is 0 Å². The Kier molecular flexibility index (Phi) is 4.69. The molecule has 18 heavy (non-hydrogen) atoms. The number of aryl methyl sites for hydroxylation is 1. The number of rotatable bonds is 6. The van der Waals surface area contributed by atoms with Gasteiger partial charge in [0.25, 0.3) is 0 Å². The third-order valence-electron chi connectivity index (χ3n) is 2.14. The second kappa shape index (κ2) is 5.83. The molecule has 0 amide bonds. The lowest BCUT2D eigenvalue weighted by Crippen LogP contribution is -2.23. The molecule has 7 heteroatoms. The Morgan fingerprint density at radius 3 is 2.61 bits per heavy atom. The molecule has 0 aliphatic heterocycles. The summed E-state index contributed by atoms with van der Waals surface area (Å²) >= 11 is 0. The number of hydrogen-bond acceptors (Lipinski definition) is 4. The van der Waals surface area contributed by atoms with Crippen molar-refractivity contribution < 1.29 is 23.1 Å². The van der Waals surface area contributed by atoms with Crippen LogP contribution in [0, 0.1) is 6.92 Å². The van der Waals surface area contributed by atoms with Gasteiger partial charge in [-0.2, -0.15) is 0 Å². The quantitative estimate of drug-likeness (QED) is 0.798. The summed E-state index contributed by atoms with van der Waals surface area (Å²) in [5, 5.41) is 8.49. The van der Waals surface area contributed by atoms with Gasteiger partial charge in [-0.15, -0.1) is 0 Å². The van der Waals surface area contributed by atoms with Crippen LogP contribution in [0.2, 0.25) is 0 Å². The Morgan fingerprint density at radius 2 is 2.11 bits per heavy atom. The molecule has 1 aromatic rings. The van der Waals surface area contributed by atoms with Crippen LogP contribution in [0.25, 0.3) is 0 Å². The van der Waals surface area contributed by atoms with Crippen molar-refractivity contribution in [3.63, 3.8) is 0 Å². The predicted octanol–water partition coefficient (Wildman–Crippen LogP) is 0.757. The molecule has 6 nitrogen and oxygen atoms in total. The molecule has 1 rings (SSSR count). The molecule has 0 bridgehead atoms. The van der Waals surface area contributed by atoms with Crippen molar-refractivity contribution in [2.45, 2.75) is 18.7 Å². The van der Waals surface area contributed by atoms with E-state index in [1.165, 1.54) is 18.2 Å². The predicted molar refractivity (Wildman–Crippen MR) is 65.2 cm³/mol. The minimum Gasteiger partial charge on any atom is -0.482 e. The Hall–Kier alpha value is -1.60. The minimum atomic E-state index is -3.50. The van der Waals surface area contributed by atoms with E-state index in [4.69, 9.17) is 9.84 Å². The van der Waals surface area contributed by atoms with Crippen molar-refractivity contribution in [3.8, 4) is 5.75 Å².